The number of benzene rings is 1. The Kier molecular flexibility index (Phi) is 3.94. The first kappa shape index (κ1) is 15.2. The molecule has 0 bridgehead atoms. The van der Waals surface area contributed by atoms with Crippen molar-refractivity contribution in [1.82, 2.24) is 0 Å². The largest absolute Gasteiger partial charge is 0.423 e. The van der Waals surface area contributed by atoms with Crippen LogP contribution in [0.25, 0.3) is 0 Å². The molecule has 0 aliphatic carbocycles. The molecule has 100 valence electrons. The second-order valence-corrected chi connectivity index (χ2v) is 6.38. The first-order chi connectivity index (χ1) is 7.94. The average Bonchev–Trinajstić information content (AvgIpc) is 2.13. The fraction of sp³-hybridized carbons (Fsp3) is 0.143. The molecule has 0 spiro atoms. The van der Waals surface area contributed by atoms with Crippen molar-refractivity contribution in [3.05, 3.63) is 32.3 Å². The van der Waals surface area contributed by atoms with E-state index in [4.69, 9.17) is 10.7 Å². The second kappa shape index (κ2) is 4.67. The maximum absolute atomic E-state index is 12.5. The predicted molar refractivity (Wildman–Crippen MR) is 58.8 cm³/mol. The summed E-state index contributed by atoms with van der Waals surface area (Å²) in [6.45, 7) is 0. The summed E-state index contributed by atoms with van der Waals surface area (Å²) in [6.07, 6.45) is -4.99. The highest BCUT2D eigenvalue weighted by Crippen LogP contribution is 2.40. The molecule has 0 aromatic heterocycles. The van der Waals surface area contributed by atoms with E-state index in [1.807, 2.05) is 0 Å². The molecule has 0 atom stereocenters. The van der Waals surface area contributed by atoms with Crippen LogP contribution in [-0.2, 0) is 15.2 Å². The lowest BCUT2D eigenvalue weighted by Crippen LogP contribution is -2.10. The Morgan fingerprint density at radius 2 is 1.83 bits per heavy atom. The van der Waals surface area contributed by atoms with Gasteiger partial charge in [0.05, 0.1) is 4.92 Å². The van der Waals surface area contributed by atoms with Crippen LogP contribution in [0.5, 0.6) is 0 Å². The van der Waals surface area contributed by atoms with Gasteiger partial charge in [-0.15, -0.1) is 0 Å². The van der Waals surface area contributed by atoms with Gasteiger partial charge < -0.3 is 0 Å². The van der Waals surface area contributed by atoms with E-state index < -0.39 is 40.8 Å². The van der Waals surface area contributed by atoms with E-state index in [0.717, 1.165) is 0 Å². The molecule has 1 rings (SSSR count). The van der Waals surface area contributed by atoms with Gasteiger partial charge in [-0.25, -0.2) is 8.42 Å². The molecular weight excluding hydrogens is 366 g/mol. The molecule has 1 aromatic carbocycles. The maximum atomic E-state index is 12.5. The van der Waals surface area contributed by atoms with Gasteiger partial charge in [-0.3, -0.25) is 10.1 Å². The van der Waals surface area contributed by atoms with Gasteiger partial charge in [0.25, 0.3) is 14.7 Å². The number of nitro benzene ring substituents is 1. The first-order valence-electron chi connectivity index (χ1n) is 3.94. The van der Waals surface area contributed by atoms with Crippen LogP contribution in [0.3, 0.4) is 0 Å². The summed E-state index contributed by atoms with van der Waals surface area (Å²) in [6, 6.07) is 0.558. The van der Waals surface area contributed by atoms with Crippen molar-refractivity contribution >= 4 is 41.4 Å². The number of rotatable bonds is 2. The summed E-state index contributed by atoms with van der Waals surface area (Å²) < 4.78 is 59.1. The van der Waals surface area contributed by atoms with Gasteiger partial charge in [-0.1, -0.05) is 0 Å². The molecule has 0 heterocycles. The van der Waals surface area contributed by atoms with Crippen molar-refractivity contribution in [2.45, 2.75) is 11.1 Å². The van der Waals surface area contributed by atoms with Crippen molar-refractivity contribution in [3.63, 3.8) is 0 Å². The molecular formula is C7H2BrClF3NO4S. The summed E-state index contributed by atoms with van der Waals surface area (Å²) >= 11 is 2.57. The number of hydrogen-bond acceptors (Lipinski definition) is 4. The topological polar surface area (TPSA) is 77.3 Å². The van der Waals surface area contributed by atoms with Gasteiger partial charge >= 0.3 is 6.18 Å². The Bertz CT molecular complexity index is 616. The maximum Gasteiger partial charge on any atom is 0.423 e. The molecule has 11 heteroatoms. The van der Waals surface area contributed by atoms with Crippen LogP contribution in [0, 0.1) is 10.1 Å². The van der Waals surface area contributed by atoms with Crippen LogP contribution in [0.15, 0.2) is 21.5 Å². The van der Waals surface area contributed by atoms with E-state index in [0.29, 0.717) is 6.07 Å². The van der Waals surface area contributed by atoms with Crippen LogP contribution < -0.4 is 0 Å². The van der Waals surface area contributed by atoms with Crippen molar-refractivity contribution < 1.29 is 26.5 Å². The highest BCUT2D eigenvalue weighted by atomic mass is 79.9. The number of nitrogens with zero attached hydrogens (tertiary/aromatic N) is 1. The lowest BCUT2D eigenvalue weighted by molar-refractivity contribution is -0.388. The van der Waals surface area contributed by atoms with Crippen molar-refractivity contribution in [2.24, 2.45) is 0 Å². The molecule has 0 fully saturated rings. The SMILES string of the molecule is O=[N+]([O-])c1cc(S(=O)(=O)Cl)c(Br)cc1C(F)(F)F. The highest BCUT2D eigenvalue weighted by molar-refractivity contribution is 9.10. The Hall–Kier alpha value is -0.870. The number of halogens is 5. The summed E-state index contributed by atoms with van der Waals surface area (Å²) in [5.74, 6) is 0. The number of nitro groups is 1. The molecule has 0 unspecified atom stereocenters. The lowest BCUT2D eigenvalue weighted by Gasteiger charge is -2.09. The van der Waals surface area contributed by atoms with E-state index >= 15 is 0 Å². The fourth-order valence-electron chi connectivity index (χ4n) is 1.11. The van der Waals surface area contributed by atoms with Gasteiger partial charge in [0.1, 0.15) is 10.5 Å². The van der Waals surface area contributed by atoms with Crippen LogP contribution >= 0.6 is 26.6 Å². The molecule has 0 saturated heterocycles. The molecule has 5 nitrogen and oxygen atoms in total. The highest BCUT2D eigenvalue weighted by Gasteiger charge is 2.40. The van der Waals surface area contributed by atoms with Crippen molar-refractivity contribution in [3.8, 4) is 0 Å². The quantitative estimate of drug-likeness (QED) is 0.456. The summed E-state index contributed by atoms with van der Waals surface area (Å²) in [7, 11) is 0.547. The van der Waals surface area contributed by atoms with Crippen molar-refractivity contribution in [1.29, 1.82) is 0 Å². The van der Waals surface area contributed by atoms with Crippen molar-refractivity contribution in [2.75, 3.05) is 0 Å². The van der Waals surface area contributed by atoms with Gasteiger partial charge in [-0.2, -0.15) is 13.2 Å². The molecule has 0 saturated carbocycles. The van der Waals surface area contributed by atoms with E-state index in [-0.39, 0.29) is 6.07 Å². The van der Waals surface area contributed by atoms with Crippen LogP contribution in [0.1, 0.15) is 5.56 Å². The summed E-state index contributed by atoms with van der Waals surface area (Å²) in [5, 5.41) is 10.5. The zero-order valence-corrected chi connectivity index (χ0v) is 11.2. The molecule has 0 N–H and O–H groups in total. The molecule has 0 amide bonds. The predicted octanol–water partition coefficient (Wildman–Crippen LogP) is 3.30. The fourth-order valence-corrected chi connectivity index (χ4v) is 3.30. The van der Waals surface area contributed by atoms with Crippen LogP contribution in [0.4, 0.5) is 18.9 Å². The standard InChI is InChI=1S/C7H2BrClF3NO4S/c8-4-1-3(7(10,11)12)5(13(14)15)2-6(4)18(9,16)17/h1-2H. The molecule has 0 radical (unpaired) electrons. The van der Waals surface area contributed by atoms with Gasteiger partial charge in [-0.05, 0) is 22.0 Å². The smallest absolute Gasteiger partial charge is 0.258 e. The molecule has 0 aliphatic rings. The lowest BCUT2D eigenvalue weighted by atomic mass is 10.2. The molecule has 0 aliphatic heterocycles. The first-order valence-corrected chi connectivity index (χ1v) is 7.04. The Morgan fingerprint density at radius 1 is 1.33 bits per heavy atom. The molecule has 1 aromatic rings. The second-order valence-electron chi connectivity index (χ2n) is 2.99. The molecule has 18 heavy (non-hydrogen) atoms. The van der Waals surface area contributed by atoms with Gasteiger partial charge in [0, 0.05) is 21.2 Å². The minimum atomic E-state index is -4.99. The Labute approximate surface area is 111 Å². The van der Waals surface area contributed by atoms with Gasteiger partial charge in [0.2, 0.25) is 0 Å². The third-order valence-corrected chi connectivity index (χ3v) is 4.10. The van der Waals surface area contributed by atoms with Crippen LogP contribution in [-0.4, -0.2) is 13.3 Å². The minimum Gasteiger partial charge on any atom is -0.258 e. The number of alkyl halides is 3. The summed E-state index contributed by atoms with van der Waals surface area (Å²) in [4.78, 5) is 8.38. The Morgan fingerprint density at radius 3 is 2.17 bits per heavy atom. The van der Waals surface area contributed by atoms with Gasteiger partial charge in [0.15, 0.2) is 0 Å². The average molecular weight is 369 g/mol. The van der Waals surface area contributed by atoms with Crippen LogP contribution in [0.2, 0.25) is 0 Å². The Balaban J connectivity index is 3.71. The normalized spacial score (nSPS) is 12.5. The zero-order valence-electron chi connectivity index (χ0n) is 8.03. The van der Waals surface area contributed by atoms with E-state index in [9.17, 15) is 31.7 Å². The zero-order chi connectivity index (χ0) is 14.3. The third kappa shape index (κ3) is 3.12. The number of hydrogen-bond donors (Lipinski definition) is 0. The van der Waals surface area contributed by atoms with E-state index in [2.05, 4.69) is 15.9 Å². The van der Waals surface area contributed by atoms with E-state index in [1.54, 1.807) is 0 Å². The summed E-state index contributed by atoms with van der Waals surface area (Å²) in [5.41, 5.74) is -2.95. The third-order valence-electron chi connectivity index (χ3n) is 1.81. The minimum absolute atomic E-state index is 0.259. The monoisotopic (exact) mass is 367 g/mol. The van der Waals surface area contributed by atoms with E-state index in [1.165, 1.54) is 0 Å².